The Morgan fingerprint density at radius 2 is 1.17 bits per heavy atom. The molecule has 0 spiro atoms. The van der Waals surface area contributed by atoms with Gasteiger partial charge in [0, 0.05) is 92.9 Å². The lowest BCUT2D eigenvalue weighted by atomic mass is 9.44. The van der Waals surface area contributed by atoms with E-state index < -0.39 is 300 Å². The van der Waals surface area contributed by atoms with Crippen LogP contribution in [0.15, 0.2) is 163 Å². The number of para-hydroxylation sites is 1. The maximum atomic E-state index is 16.8. The SMILES string of the molecule is CCC(C)[C@H](NC(=O)[C@H](CCCCN)NC(=O)[C@@H](NC(=O)[C@H](CCC(N)=O)NC(=O)[C@H](CCCNC(=N)N)NC(=O)[C@@H](N)CSC1CC(=O)N(CCC(=O)OC2C[C@H]3OC[C@@]3(OC(C)=O)C3C(OC(=O)c4ccccc4)[C@]4(O)C[C@H](OC(=O)[C@H](O)[C@@H](NC(=O)c5ccccc5)c5ccccc5)C(C)=C([C@@H](OC(C)=O)C(=O)[C@]23C)C4(C)C)C1=O)C(C)CC)C(=O)N[C@@H](Cc1c[nH]c2ccccc12)C(=O)N[C@@H](Cc1ccccc1)C(C)=O. The zero-order valence-corrected chi connectivity index (χ0v) is 86.7. The Hall–Kier alpha value is -14.1. The average molecular weight is 2100 g/mol. The molecule has 42 nitrogen and oxygen atoms in total. The number of Topliss-reactive ketones (excluding diaryl/α,β-unsaturated/α-hetero) is 2. The summed E-state index contributed by atoms with van der Waals surface area (Å²) in [5, 5.41) is 58.4. The van der Waals surface area contributed by atoms with Crippen LogP contribution in [-0.2, 0) is 118 Å². The minimum atomic E-state index is -2.68. The number of hydrogen-bond acceptors (Lipinski definition) is 30. The first-order valence-corrected chi connectivity index (χ1v) is 51.5. The number of benzene rings is 5. The molecule has 0 radical (unpaired) electrons. The molecule has 43 heteroatoms. The number of aromatic amines is 1. The molecule has 4 fully saturated rings. The number of carbonyl (C=O) groups excluding carboxylic acids is 18. The van der Waals surface area contributed by atoms with Gasteiger partial charge in [0.15, 0.2) is 35.3 Å². The summed E-state index contributed by atoms with van der Waals surface area (Å²) in [6.07, 6.45) is -12.0. The number of amides is 11. The highest BCUT2D eigenvalue weighted by Crippen LogP contribution is 2.65. The van der Waals surface area contributed by atoms with Gasteiger partial charge in [-0.15, -0.1) is 11.8 Å². The van der Waals surface area contributed by atoms with Crippen molar-refractivity contribution in [2.75, 3.05) is 32.0 Å². The fourth-order valence-corrected chi connectivity index (χ4v) is 21.4. The molecule has 21 N–H and O–H groups in total. The molecule has 2 saturated heterocycles. The van der Waals surface area contributed by atoms with Crippen molar-refractivity contribution >= 4 is 135 Å². The predicted molar refractivity (Wildman–Crippen MR) is 547 cm³/mol. The molecule has 808 valence electrons. The number of unbranched alkanes of at least 4 members (excludes halogenated alkanes) is 1. The summed E-state index contributed by atoms with van der Waals surface area (Å²) in [6, 6.07) is 27.0. The number of aliphatic hydroxyl groups excluding tert-OH is 1. The molecule has 6 aromatic rings. The van der Waals surface area contributed by atoms with Crippen molar-refractivity contribution in [2.45, 2.75) is 280 Å². The number of esters is 5. The minimum absolute atomic E-state index is 0.00423. The number of nitrogens with two attached hydrogens (primary N) is 4. The quantitative estimate of drug-likeness (QED) is 0.00493. The molecule has 150 heavy (non-hydrogen) atoms. The van der Waals surface area contributed by atoms with Crippen LogP contribution in [0.4, 0.5) is 0 Å². The van der Waals surface area contributed by atoms with Crippen molar-refractivity contribution in [2.24, 2.45) is 51.5 Å². The number of fused-ring (bicyclic) bond motifs is 6. The molecule has 1 aromatic heterocycles. The van der Waals surface area contributed by atoms with Gasteiger partial charge in [-0.2, -0.15) is 0 Å². The van der Waals surface area contributed by atoms with Crippen LogP contribution in [0, 0.1) is 34.0 Å². The second-order valence-corrected chi connectivity index (χ2v) is 41.0. The molecule has 3 aliphatic carbocycles. The maximum absolute atomic E-state index is 16.8. The molecule has 5 aromatic carbocycles. The van der Waals surface area contributed by atoms with Crippen LogP contribution >= 0.6 is 11.8 Å². The average Bonchev–Trinajstić information content (AvgIpc) is 0.691. The number of ether oxygens (including phenoxy) is 6. The number of likely N-dealkylation sites (tertiary alicyclic amines) is 1. The summed E-state index contributed by atoms with van der Waals surface area (Å²) >= 11 is 0.772. The first-order chi connectivity index (χ1) is 71.2. The topological polar surface area (TPSA) is 658 Å². The molecular formula is C107H138N16O26S. The van der Waals surface area contributed by atoms with Crippen LogP contribution in [0.25, 0.3) is 10.9 Å². The standard InChI is InChI=1S/C107H138N16O26S/c1-12-57(3)84(98(138)117-71(41-28-29-46-108)95(135)120-85(58(4)13-2)99(139)119-75(50-67-54-114-70-40-27-26-39-68(67)70)97(137)118-74(60(6)124)49-63-31-18-14-19-32-63)121-96(136)73(43-44-80(110)127)116-94(134)72(42-30-47-113-103(111)112)115-93(133)69(109)55-150-77-51-81(128)123(100(77)140)48-45-82(129)147-78-52-79-106(56-144-79,149-62(8)126)89-91(148-101(141)66-37-24-17-25-38-66)107(143)53-76(59(5)83(104(107,9)10)88(145-61(7)125)90(131)105(78,89)11)146-102(142)87(130)86(64-33-20-15-21-34-64)122-92(132)65-35-22-16-23-36-65/h14-27,31-40,54,57-58,69,71-79,84-89,91,114,130,143H,12-13,28-30,41-53,55-56,108-109H2,1-11H3,(H2,110,127)(H,115,133)(H,116,134)(H,117,138)(H,118,137)(H,119,139)(H,120,135)(H,121,136)(H,122,132)(H4,111,112,113)/t57?,58?,69-,71-,72-,73-,74-,75-,76-,77?,78?,79+,84-,85-,86-,87+,88+,89?,91?,105+,106-,107+/m0/s1. The lowest BCUT2D eigenvalue weighted by Crippen LogP contribution is -2.82. The normalized spacial score (nSPS) is 22.9. The summed E-state index contributed by atoms with van der Waals surface area (Å²) in [4.78, 5) is 265. The van der Waals surface area contributed by atoms with Gasteiger partial charge < -0.3 is 114 Å². The third-order valence-corrected chi connectivity index (χ3v) is 30.5. The lowest BCUT2D eigenvalue weighted by molar-refractivity contribution is -0.346. The highest BCUT2D eigenvalue weighted by atomic mass is 32.2. The van der Waals surface area contributed by atoms with Gasteiger partial charge in [-0.25, -0.2) is 9.59 Å². The van der Waals surface area contributed by atoms with Crippen molar-refractivity contribution in [3.05, 3.63) is 191 Å². The Kier molecular flexibility index (Phi) is 40.2. The van der Waals surface area contributed by atoms with Crippen molar-refractivity contribution in [3.63, 3.8) is 0 Å². The molecule has 2 bridgehead atoms. The molecule has 2 aliphatic heterocycles. The van der Waals surface area contributed by atoms with E-state index in [4.69, 9.17) is 56.8 Å². The maximum Gasteiger partial charge on any atom is 0.338 e. The molecule has 5 aliphatic rings. The molecule has 3 heterocycles. The van der Waals surface area contributed by atoms with Gasteiger partial charge in [0.1, 0.15) is 66.3 Å². The smallest absolute Gasteiger partial charge is 0.338 e. The number of aromatic nitrogens is 1. The number of nitrogens with one attached hydrogen (secondary N) is 11. The Labute approximate surface area is 872 Å². The van der Waals surface area contributed by atoms with E-state index in [-0.39, 0.29) is 91.7 Å². The summed E-state index contributed by atoms with van der Waals surface area (Å²) in [7, 11) is 0. The van der Waals surface area contributed by atoms with E-state index in [0.717, 1.165) is 47.0 Å². The van der Waals surface area contributed by atoms with E-state index >= 15 is 9.59 Å². The first-order valence-electron chi connectivity index (χ1n) is 50.4. The number of thioether (sulfide) groups is 1. The monoisotopic (exact) mass is 2090 g/mol. The van der Waals surface area contributed by atoms with E-state index in [1.807, 2.05) is 42.5 Å². The fourth-order valence-electron chi connectivity index (χ4n) is 20.3. The Balaban J connectivity index is 0.780. The van der Waals surface area contributed by atoms with E-state index in [1.54, 1.807) is 101 Å². The second kappa shape index (κ2) is 51.9. The molecule has 6 unspecified atom stereocenters. The van der Waals surface area contributed by atoms with Gasteiger partial charge in [-0.3, -0.25) is 87.0 Å². The van der Waals surface area contributed by atoms with Crippen molar-refractivity contribution < 1.29 is 125 Å². The summed E-state index contributed by atoms with van der Waals surface area (Å²) in [5.74, 6) is -20.5. The van der Waals surface area contributed by atoms with E-state index in [0.29, 0.717) is 18.4 Å². The van der Waals surface area contributed by atoms with Crippen LogP contribution in [0.5, 0.6) is 0 Å². The number of rotatable bonds is 51. The number of nitrogens with zero attached hydrogens (tertiary/aromatic N) is 1. The van der Waals surface area contributed by atoms with Gasteiger partial charge in [-0.1, -0.05) is 170 Å². The lowest BCUT2D eigenvalue weighted by Gasteiger charge is -2.67. The largest absolute Gasteiger partial charge is 0.461 e. The predicted octanol–water partition coefficient (Wildman–Crippen LogP) is 3.56. The number of H-pyrrole nitrogens is 1. The van der Waals surface area contributed by atoms with Crippen LogP contribution in [-0.4, -0.2) is 266 Å². The van der Waals surface area contributed by atoms with E-state index in [1.165, 1.54) is 71.0 Å². The Morgan fingerprint density at radius 1 is 0.620 bits per heavy atom. The minimum Gasteiger partial charge on any atom is -0.461 e. The van der Waals surface area contributed by atoms with E-state index in [2.05, 4.69) is 52.8 Å². The summed E-state index contributed by atoms with van der Waals surface area (Å²) < 4.78 is 37.9. The van der Waals surface area contributed by atoms with Gasteiger partial charge in [0.25, 0.3) is 5.91 Å². The number of primary amides is 1. The Bertz CT molecular complexity index is 5980. The first kappa shape index (κ1) is 116. The zero-order valence-electron chi connectivity index (χ0n) is 85.9. The second-order valence-electron chi connectivity index (χ2n) is 39.8. The number of carbonyl (C=O) groups is 18. The molecule has 11 amide bonds. The molecule has 22 atom stereocenters. The number of aliphatic hydroxyl groups is 2. The van der Waals surface area contributed by atoms with Crippen LogP contribution < -0.4 is 70.8 Å². The van der Waals surface area contributed by atoms with Gasteiger partial charge in [-0.05, 0) is 142 Å². The van der Waals surface area contributed by atoms with Crippen LogP contribution in [0.2, 0.25) is 0 Å². The molecule has 11 rings (SSSR count). The van der Waals surface area contributed by atoms with E-state index in [9.17, 15) is 86.9 Å². The number of ketones is 2. The van der Waals surface area contributed by atoms with Gasteiger partial charge in [0.2, 0.25) is 59.1 Å². The van der Waals surface area contributed by atoms with Crippen molar-refractivity contribution in [1.82, 2.24) is 57.7 Å². The summed E-state index contributed by atoms with van der Waals surface area (Å²) in [5.41, 5.74) is 16.9. The zero-order chi connectivity index (χ0) is 110. The van der Waals surface area contributed by atoms with Crippen molar-refractivity contribution in [1.29, 1.82) is 5.41 Å². The number of imide groups is 1. The van der Waals surface area contributed by atoms with Crippen LogP contribution in [0.1, 0.15) is 203 Å². The molecule has 2 saturated carbocycles. The molecular weight excluding hydrogens is 1960 g/mol. The van der Waals surface area contributed by atoms with Gasteiger partial charge in [0.05, 0.1) is 53.3 Å². The number of hydrogen-bond donors (Lipinski definition) is 17. The summed E-state index contributed by atoms with van der Waals surface area (Å²) in [6.45, 7) is 14.9. The van der Waals surface area contributed by atoms with Crippen molar-refractivity contribution in [3.8, 4) is 0 Å². The Morgan fingerprint density at radius 3 is 1.74 bits per heavy atom. The number of guanidine groups is 1. The van der Waals surface area contributed by atoms with Crippen LogP contribution in [0.3, 0.4) is 0 Å². The third kappa shape index (κ3) is 27.7. The van der Waals surface area contributed by atoms with Gasteiger partial charge >= 0.3 is 29.8 Å². The third-order valence-electron chi connectivity index (χ3n) is 29.2. The fraction of sp³-hybridized carbons (Fsp3) is 0.505. The highest BCUT2D eigenvalue weighted by Gasteiger charge is 2.79. The highest BCUT2D eigenvalue weighted by molar-refractivity contribution is 8.00.